The first-order valence-corrected chi connectivity index (χ1v) is 8.06. The second-order valence-corrected chi connectivity index (χ2v) is 7.26. The maximum Gasteiger partial charge on any atom is 0.287 e. The van der Waals surface area contributed by atoms with E-state index in [0.29, 0.717) is 0 Å². The first kappa shape index (κ1) is 13.0. The lowest BCUT2D eigenvalue weighted by molar-refractivity contribution is -0.117. The Morgan fingerprint density at radius 2 is 1.95 bits per heavy atom. The van der Waals surface area contributed by atoms with Gasteiger partial charge in [-0.15, -0.1) is 0 Å². The highest BCUT2D eigenvalue weighted by molar-refractivity contribution is 9.10. The van der Waals surface area contributed by atoms with Gasteiger partial charge in [-0.3, -0.25) is 14.9 Å². The van der Waals surface area contributed by atoms with E-state index in [-0.39, 0.29) is 11.1 Å². The van der Waals surface area contributed by atoms with Crippen molar-refractivity contribution < 1.29 is 9.59 Å². The topological polar surface area (TPSA) is 46.2 Å². The highest BCUT2D eigenvalue weighted by Crippen LogP contribution is 2.40. The zero-order chi connectivity index (χ0) is 13.4. The molecule has 1 aliphatic heterocycles. The highest BCUT2D eigenvalue weighted by Gasteiger charge is 2.32. The maximum absolute atomic E-state index is 11.6. The molecule has 0 aliphatic carbocycles. The van der Waals surface area contributed by atoms with Crippen LogP contribution in [0.1, 0.15) is 0 Å². The van der Waals surface area contributed by atoms with Gasteiger partial charge >= 0.3 is 0 Å². The lowest BCUT2D eigenvalue weighted by atomic mass is 10.1. The summed E-state index contributed by atoms with van der Waals surface area (Å²) < 4.78 is 0.549. The van der Waals surface area contributed by atoms with E-state index in [0.717, 1.165) is 31.9 Å². The monoisotopic (exact) mass is 353 g/mol. The molecule has 1 heterocycles. The number of fused-ring (bicyclic) bond motifs is 1. The molecule has 0 bridgehead atoms. The van der Waals surface area contributed by atoms with Gasteiger partial charge in [-0.25, -0.2) is 0 Å². The van der Waals surface area contributed by atoms with Gasteiger partial charge in [-0.05, 0) is 44.5 Å². The first-order chi connectivity index (χ1) is 9.15. The molecule has 2 aromatic carbocycles. The van der Waals surface area contributed by atoms with Gasteiger partial charge in [-0.1, -0.05) is 42.1 Å². The largest absolute Gasteiger partial charge is 0.287 e. The van der Waals surface area contributed by atoms with E-state index < -0.39 is 4.58 Å². The molecule has 1 N–H and O–H groups in total. The van der Waals surface area contributed by atoms with Crippen molar-refractivity contribution in [3.63, 3.8) is 0 Å². The van der Waals surface area contributed by atoms with Crippen LogP contribution < -0.4 is 5.32 Å². The SMILES string of the molecule is O=C1NC(=O)C(Sc2ccc3ccccc3c2Br)S1. The molecule has 1 saturated heterocycles. The van der Waals surface area contributed by atoms with Gasteiger partial charge in [0, 0.05) is 9.37 Å². The van der Waals surface area contributed by atoms with E-state index in [1.807, 2.05) is 36.4 Å². The van der Waals surface area contributed by atoms with Crippen LogP contribution in [0.15, 0.2) is 45.8 Å². The molecule has 1 aliphatic rings. The van der Waals surface area contributed by atoms with Gasteiger partial charge in [0.05, 0.1) is 0 Å². The van der Waals surface area contributed by atoms with Crippen molar-refractivity contribution in [2.75, 3.05) is 0 Å². The van der Waals surface area contributed by atoms with Gasteiger partial charge in [0.1, 0.15) is 4.58 Å². The van der Waals surface area contributed by atoms with Crippen LogP contribution in [-0.2, 0) is 4.79 Å². The number of thioether (sulfide) groups is 2. The summed E-state index contributed by atoms with van der Waals surface area (Å²) in [5.41, 5.74) is 0. The quantitative estimate of drug-likeness (QED) is 0.885. The summed E-state index contributed by atoms with van der Waals surface area (Å²) >= 11 is 5.99. The summed E-state index contributed by atoms with van der Waals surface area (Å²) in [6, 6.07) is 12.0. The third kappa shape index (κ3) is 2.52. The lowest BCUT2D eigenvalue weighted by Crippen LogP contribution is -2.22. The van der Waals surface area contributed by atoms with Crippen LogP contribution in [-0.4, -0.2) is 15.7 Å². The lowest BCUT2D eigenvalue weighted by Gasteiger charge is -2.09. The molecule has 1 atom stereocenters. The Bertz CT molecular complexity index is 689. The smallest absolute Gasteiger partial charge is 0.285 e. The number of benzene rings is 2. The number of carbonyl (C=O) groups excluding carboxylic acids is 2. The standard InChI is InChI=1S/C13H8BrNO2S2/c14-10-8-4-2-1-3-7(8)5-6-9(10)18-12-11(16)15-13(17)19-12/h1-6,12H,(H,15,16,17). The van der Waals surface area contributed by atoms with Crippen molar-refractivity contribution in [3.8, 4) is 0 Å². The fraction of sp³-hybridized carbons (Fsp3) is 0.0769. The summed E-state index contributed by atoms with van der Waals surface area (Å²) in [4.78, 5) is 23.7. The number of halogens is 1. The molecule has 0 radical (unpaired) electrons. The molecule has 1 fully saturated rings. The highest BCUT2D eigenvalue weighted by atomic mass is 79.9. The third-order valence-corrected chi connectivity index (χ3v) is 6.18. The van der Waals surface area contributed by atoms with Gasteiger partial charge in [0.15, 0.2) is 0 Å². The zero-order valence-electron chi connectivity index (χ0n) is 9.55. The summed E-state index contributed by atoms with van der Waals surface area (Å²) in [5, 5.41) is 4.25. The predicted octanol–water partition coefficient (Wildman–Crippen LogP) is 4.00. The molecule has 19 heavy (non-hydrogen) atoms. The normalized spacial score (nSPS) is 18.9. The second-order valence-electron chi connectivity index (χ2n) is 3.94. The molecule has 0 aromatic heterocycles. The fourth-order valence-electron chi connectivity index (χ4n) is 1.84. The molecule has 6 heteroatoms. The maximum atomic E-state index is 11.6. The number of rotatable bonds is 2. The summed E-state index contributed by atoms with van der Waals surface area (Å²) in [7, 11) is 0. The number of hydrogen-bond donors (Lipinski definition) is 1. The van der Waals surface area contributed by atoms with Crippen LogP contribution in [0.4, 0.5) is 4.79 Å². The molecule has 96 valence electrons. The summed E-state index contributed by atoms with van der Waals surface area (Å²) in [6.45, 7) is 0. The Kier molecular flexibility index (Phi) is 3.56. The van der Waals surface area contributed by atoms with Crippen molar-refractivity contribution in [1.29, 1.82) is 0 Å². The predicted molar refractivity (Wildman–Crippen MR) is 82.4 cm³/mol. The van der Waals surface area contributed by atoms with E-state index in [4.69, 9.17) is 0 Å². The van der Waals surface area contributed by atoms with Crippen LogP contribution in [0, 0.1) is 0 Å². The Balaban J connectivity index is 1.95. The van der Waals surface area contributed by atoms with Crippen LogP contribution >= 0.6 is 39.5 Å². The van der Waals surface area contributed by atoms with E-state index in [1.165, 1.54) is 11.8 Å². The second kappa shape index (κ2) is 5.19. The summed E-state index contributed by atoms with van der Waals surface area (Å²) in [5.74, 6) is -0.236. The molecule has 3 nitrogen and oxygen atoms in total. The average molecular weight is 354 g/mol. The van der Waals surface area contributed by atoms with Crippen LogP contribution in [0.25, 0.3) is 10.8 Å². The molecule has 1 unspecified atom stereocenters. The van der Waals surface area contributed by atoms with Crippen molar-refractivity contribution in [3.05, 3.63) is 40.9 Å². The number of imide groups is 1. The Hall–Kier alpha value is -0.980. The number of hydrogen-bond acceptors (Lipinski definition) is 4. The van der Waals surface area contributed by atoms with E-state index in [9.17, 15) is 9.59 Å². The van der Waals surface area contributed by atoms with Crippen molar-refractivity contribution in [2.24, 2.45) is 0 Å². The Morgan fingerprint density at radius 3 is 2.68 bits per heavy atom. The Morgan fingerprint density at radius 1 is 1.16 bits per heavy atom. The molecule has 0 spiro atoms. The summed E-state index contributed by atoms with van der Waals surface area (Å²) in [6.07, 6.45) is 0. The van der Waals surface area contributed by atoms with E-state index in [1.54, 1.807) is 0 Å². The third-order valence-electron chi connectivity index (χ3n) is 2.72. The van der Waals surface area contributed by atoms with Gasteiger partial charge in [0.2, 0.25) is 0 Å². The number of nitrogens with one attached hydrogen (secondary N) is 1. The minimum absolute atomic E-state index is 0.236. The van der Waals surface area contributed by atoms with Crippen LogP contribution in [0.5, 0.6) is 0 Å². The minimum Gasteiger partial charge on any atom is -0.285 e. The average Bonchev–Trinajstić information content (AvgIpc) is 2.72. The van der Waals surface area contributed by atoms with Gasteiger partial charge in [0.25, 0.3) is 11.1 Å². The van der Waals surface area contributed by atoms with E-state index in [2.05, 4.69) is 21.2 Å². The molecule has 0 saturated carbocycles. The number of amides is 2. The Labute approximate surface area is 126 Å². The van der Waals surface area contributed by atoms with Gasteiger partial charge in [-0.2, -0.15) is 0 Å². The molecular weight excluding hydrogens is 346 g/mol. The zero-order valence-corrected chi connectivity index (χ0v) is 12.8. The van der Waals surface area contributed by atoms with Gasteiger partial charge < -0.3 is 0 Å². The molecule has 2 aromatic rings. The first-order valence-electron chi connectivity index (χ1n) is 5.50. The fourth-order valence-corrected chi connectivity index (χ4v) is 4.65. The van der Waals surface area contributed by atoms with Crippen LogP contribution in [0.2, 0.25) is 0 Å². The number of carbonyl (C=O) groups is 2. The van der Waals surface area contributed by atoms with Crippen molar-refractivity contribution >= 4 is 61.4 Å². The molecular formula is C13H8BrNO2S2. The van der Waals surface area contributed by atoms with Crippen LogP contribution in [0.3, 0.4) is 0 Å². The van der Waals surface area contributed by atoms with Crippen molar-refractivity contribution in [2.45, 2.75) is 9.48 Å². The molecule has 2 amide bonds. The van der Waals surface area contributed by atoms with Crippen molar-refractivity contribution in [1.82, 2.24) is 5.32 Å². The molecule has 3 rings (SSSR count). The minimum atomic E-state index is -0.412. The van der Waals surface area contributed by atoms with E-state index >= 15 is 0 Å².